The van der Waals surface area contributed by atoms with Crippen molar-refractivity contribution in [2.75, 3.05) is 21.3 Å². The zero-order valence-corrected chi connectivity index (χ0v) is 14.5. The summed E-state index contributed by atoms with van der Waals surface area (Å²) in [5, 5.41) is 3.87. The first-order valence-electron chi connectivity index (χ1n) is 7.04. The lowest BCUT2D eigenvalue weighted by Crippen LogP contribution is -2.24. The zero-order chi connectivity index (χ0) is 16.8. The van der Waals surface area contributed by atoms with Gasteiger partial charge in [-0.1, -0.05) is 0 Å². The van der Waals surface area contributed by atoms with E-state index in [1.807, 2.05) is 6.92 Å². The lowest BCUT2D eigenvalue weighted by atomic mass is 10.1. The highest BCUT2D eigenvalue weighted by atomic mass is 32.1. The van der Waals surface area contributed by atoms with Gasteiger partial charge in [-0.2, -0.15) is 0 Å². The van der Waals surface area contributed by atoms with Crippen molar-refractivity contribution in [2.24, 2.45) is 0 Å². The van der Waals surface area contributed by atoms with Gasteiger partial charge in [-0.3, -0.25) is 4.79 Å². The number of nitrogens with one attached hydrogen (secondary N) is 1. The average molecular weight is 336 g/mol. The Morgan fingerprint density at radius 1 is 1.17 bits per heavy atom. The number of rotatable bonds is 7. The summed E-state index contributed by atoms with van der Waals surface area (Å²) in [6, 6.07) is 3.55. The predicted octanol–water partition coefficient (Wildman–Crippen LogP) is 2.34. The van der Waals surface area contributed by atoms with Crippen LogP contribution in [0.1, 0.15) is 15.4 Å². The molecule has 0 aliphatic carbocycles. The molecule has 1 N–H and O–H groups in total. The smallest absolute Gasteiger partial charge is 0.224 e. The highest BCUT2D eigenvalue weighted by Gasteiger charge is 2.15. The van der Waals surface area contributed by atoms with E-state index in [0.29, 0.717) is 23.8 Å². The van der Waals surface area contributed by atoms with Crippen molar-refractivity contribution < 1.29 is 19.0 Å². The topological polar surface area (TPSA) is 69.7 Å². The third-order valence-corrected chi connectivity index (χ3v) is 4.13. The van der Waals surface area contributed by atoms with Crippen LogP contribution in [0.15, 0.2) is 18.3 Å². The average Bonchev–Trinajstić information content (AvgIpc) is 2.97. The fraction of sp³-hybridized carbons (Fsp3) is 0.375. The van der Waals surface area contributed by atoms with Gasteiger partial charge in [0.05, 0.1) is 39.3 Å². The molecule has 0 unspecified atom stereocenters. The van der Waals surface area contributed by atoms with Gasteiger partial charge < -0.3 is 19.5 Å². The summed E-state index contributed by atoms with van der Waals surface area (Å²) in [6.07, 6.45) is 2.01. The number of amides is 1. The Kier molecular flexibility index (Phi) is 5.81. The van der Waals surface area contributed by atoms with Crippen molar-refractivity contribution in [3.8, 4) is 17.2 Å². The predicted molar refractivity (Wildman–Crippen MR) is 88.5 cm³/mol. The number of hydrogen-bond donors (Lipinski definition) is 1. The quantitative estimate of drug-likeness (QED) is 0.840. The van der Waals surface area contributed by atoms with Crippen LogP contribution >= 0.6 is 11.3 Å². The first kappa shape index (κ1) is 17.1. The number of nitrogens with zero attached hydrogens (tertiary/aromatic N) is 1. The maximum atomic E-state index is 12.1. The van der Waals surface area contributed by atoms with Gasteiger partial charge in [0.1, 0.15) is 0 Å². The van der Waals surface area contributed by atoms with E-state index in [9.17, 15) is 4.79 Å². The maximum Gasteiger partial charge on any atom is 0.224 e. The molecule has 1 aromatic carbocycles. The van der Waals surface area contributed by atoms with E-state index in [1.54, 1.807) is 51.0 Å². The number of carbonyl (C=O) groups excluding carboxylic acids is 1. The number of aromatic nitrogens is 1. The first-order chi connectivity index (χ1) is 11.1. The molecule has 7 heteroatoms. The zero-order valence-electron chi connectivity index (χ0n) is 13.6. The van der Waals surface area contributed by atoms with E-state index in [-0.39, 0.29) is 12.3 Å². The van der Waals surface area contributed by atoms with Crippen LogP contribution < -0.4 is 19.5 Å². The van der Waals surface area contributed by atoms with Gasteiger partial charge in [0.15, 0.2) is 11.5 Å². The number of ether oxygens (including phenoxy) is 3. The molecule has 2 rings (SSSR count). The molecular weight excluding hydrogens is 316 g/mol. The number of aryl methyl sites for hydroxylation is 1. The molecule has 2 aromatic rings. The molecule has 0 saturated heterocycles. The molecule has 0 aliphatic rings. The Balaban J connectivity index is 2.05. The minimum Gasteiger partial charge on any atom is -0.493 e. The summed E-state index contributed by atoms with van der Waals surface area (Å²) < 4.78 is 15.8. The Labute approximate surface area is 139 Å². The van der Waals surface area contributed by atoms with Crippen molar-refractivity contribution in [2.45, 2.75) is 19.9 Å². The second-order valence-corrected chi connectivity index (χ2v) is 6.15. The largest absolute Gasteiger partial charge is 0.493 e. The maximum absolute atomic E-state index is 12.1. The van der Waals surface area contributed by atoms with Gasteiger partial charge >= 0.3 is 0 Å². The monoisotopic (exact) mass is 336 g/mol. The van der Waals surface area contributed by atoms with Gasteiger partial charge in [0, 0.05) is 11.1 Å². The molecule has 0 atom stereocenters. The summed E-state index contributed by atoms with van der Waals surface area (Å²) in [7, 11) is 4.64. The van der Waals surface area contributed by atoms with E-state index in [0.717, 1.165) is 15.4 Å². The lowest BCUT2D eigenvalue weighted by Gasteiger charge is -2.14. The third kappa shape index (κ3) is 4.35. The van der Waals surface area contributed by atoms with E-state index in [2.05, 4.69) is 10.3 Å². The highest BCUT2D eigenvalue weighted by molar-refractivity contribution is 7.11. The fourth-order valence-electron chi connectivity index (χ4n) is 2.16. The van der Waals surface area contributed by atoms with Crippen LogP contribution in [-0.4, -0.2) is 32.2 Å². The Morgan fingerprint density at radius 3 is 2.30 bits per heavy atom. The minimum absolute atomic E-state index is 0.0784. The molecule has 0 spiro atoms. The molecule has 0 fully saturated rings. The van der Waals surface area contributed by atoms with Gasteiger partial charge in [0.25, 0.3) is 0 Å². The van der Waals surface area contributed by atoms with E-state index in [1.165, 1.54) is 0 Å². The van der Waals surface area contributed by atoms with E-state index < -0.39 is 0 Å². The van der Waals surface area contributed by atoms with Crippen LogP contribution in [0.4, 0.5) is 0 Å². The lowest BCUT2D eigenvalue weighted by molar-refractivity contribution is -0.120. The molecule has 0 bridgehead atoms. The summed E-state index contributed by atoms with van der Waals surface area (Å²) in [4.78, 5) is 17.3. The van der Waals surface area contributed by atoms with Gasteiger partial charge in [-0.15, -0.1) is 11.3 Å². The second kappa shape index (κ2) is 7.82. The Hall–Kier alpha value is -2.28. The fourth-order valence-corrected chi connectivity index (χ4v) is 2.89. The van der Waals surface area contributed by atoms with Crippen LogP contribution in [0.25, 0.3) is 0 Å². The van der Waals surface area contributed by atoms with Crippen molar-refractivity contribution in [1.82, 2.24) is 10.3 Å². The van der Waals surface area contributed by atoms with Crippen LogP contribution in [0, 0.1) is 6.92 Å². The summed E-state index contributed by atoms with van der Waals surface area (Å²) >= 11 is 1.57. The van der Waals surface area contributed by atoms with Gasteiger partial charge in [-0.05, 0) is 24.6 Å². The number of methoxy groups -OCH3 is 3. The third-order valence-electron chi connectivity index (χ3n) is 3.22. The molecular formula is C16H20N2O4S. The normalized spacial score (nSPS) is 10.3. The Bertz CT molecular complexity index is 659. The number of hydrogen-bond acceptors (Lipinski definition) is 6. The SMILES string of the molecule is COc1cc(CC(=O)NCc2cnc(C)s2)cc(OC)c1OC. The first-order valence-corrected chi connectivity index (χ1v) is 7.86. The van der Waals surface area contributed by atoms with Gasteiger partial charge in [0.2, 0.25) is 11.7 Å². The van der Waals surface area contributed by atoms with Gasteiger partial charge in [-0.25, -0.2) is 4.98 Å². The molecule has 1 heterocycles. The standard InChI is InChI=1S/C16H20N2O4S/c1-10-17-8-12(23-10)9-18-15(19)7-11-5-13(20-2)16(22-4)14(6-11)21-3/h5-6,8H,7,9H2,1-4H3,(H,18,19). The molecule has 23 heavy (non-hydrogen) atoms. The molecule has 0 saturated carbocycles. The molecule has 124 valence electrons. The van der Waals surface area contributed by atoms with Crippen molar-refractivity contribution in [3.63, 3.8) is 0 Å². The molecule has 0 radical (unpaired) electrons. The second-order valence-electron chi connectivity index (χ2n) is 4.83. The summed E-state index contributed by atoms with van der Waals surface area (Å²) in [5.41, 5.74) is 0.789. The van der Waals surface area contributed by atoms with Crippen LogP contribution in [-0.2, 0) is 17.8 Å². The number of benzene rings is 1. The van der Waals surface area contributed by atoms with Crippen molar-refractivity contribution in [1.29, 1.82) is 0 Å². The summed E-state index contributed by atoms with van der Waals surface area (Å²) in [5.74, 6) is 1.50. The molecule has 6 nitrogen and oxygen atoms in total. The minimum atomic E-state index is -0.0784. The van der Waals surface area contributed by atoms with Crippen LogP contribution in [0.3, 0.4) is 0 Å². The summed E-state index contributed by atoms with van der Waals surface area (Å²) in [6.45, 7) is 2.42. The number of carbonyl (C=O) groups is 1. The van der Waals surface area contributed by atoms with E-state index in [4.69, 9.17) is 14.2 Å². The molecule has 1 aromatic heterocycles. The van der Waals surface area contributed by atoms with Crippen molar-refractivity contribution >= 4 is 17.2 Å². The molecule has 0 aliphatic heterocycles. The van der Waals surface area contributed by atoms with Crippen LogP contribution in [0.2, 0.25) is 0 Å². The Morgan fingerprint density at radius 2 is 1.83 bits per heavy atom. The van der Waals surface area contributed by atoms with Crippen LogP contribution in [0.5, 0.6) is 17.2 Å². The molecule has 1 amide bonds. The highest BCUT2D eigenvalue weighted by Crippen LogP contribution is 2.38. The van der Waals surface area contributed by atoms with E-state index >= 15 is 0 Å². The number of thiazole rings is 1. The van der Waals surface area contributed by atoms with Crippen molar-refractivity contribution in [3.05, 3.63) is 33.8 Å².